The fraction of sp³-hybridized carbons (Fsp3) is 0.385. The van der Waals surface area contributed by atoms with Gasteiger partial charge in [0, 0.05) is 6.42 Å². The Balaban J connectivity index is 2.96. The summed E-state index contributed by atoms with van der Waals surface area (Å²) in [6, 6.07) is 3.22. The van der Waals surface area contributed by atoms with Gasteiger partial charge in [-0.15, -0.1) is 11.8 Å². The zero-order valence-corrected chi connectivity index (χ0v) is 11.6. The summed E-state index contributed by atoms with van der Waals surface area (Å²) in [5, 5.41) is 5.13. The van der Waals surface area contributed by atoms with Crippen LogP contribution in [0, 0.1) is 25.7 Å². The van der Waals surface area contributed by atoms with Gasteiger partial charge in [0.05, 0.1) is 11.5 Å². The van der Waals surface area contributed by atoms with Crippen LogP contribution in [0.5, 0.6) is 5.75 Å². The molecule has 0 aromatic heterocycles. The van der Waals surface area contributed by atoms with E-state index in [0.717, 1.165) is 5.56 Å². The molecule has 0 aliphatic heterocycles. The first-order valence-electron chi connectivity index (χ1n) is 5.52. The lowest BCUT2D eigenvalue weighted by Gasteiger charge is -2.11. The van der Waals surface area contributed by atoms with Crippen molar-refractivity contribution >= 4 is 10.0 Å². The Morgan fingerprint density at radius 2 is 1.94 bits per heavy atom. The number of aryl methyl sites for hydroxylation is 2. The van der Waals surface area contributed by atoms with Gasteiger partial charge in [-0.3, -0.25) is 0 Å². The van der Waals surface area contributed by atoms with E-state index >= 15 is 0 Å². The predicted molar refractivity (Wildman–Crippen MR) is 70.9 cm³/mol. The lowest BCUT2D eigenvalue weighted by atomic mass is 10.1. The summed E-state index contributed by atoms with van der Waals surface area (Å²) < 4.78 is 28.2. The van der Waals surface area contributed by atoms with E-state index in [1.807, 2.05) is 0 Å². The molecule has 0 aliphatic rings. The summed E-state index contributed by atoms with van der Waals surface area (Å²) in [5.74, 6) is 6.35. The lowest BCUT2D eigenvalue weighted by Crippen LogP contribution is -2.14. The van der Waals surface area contributed by atoms with Crippen molar-refractivity contribution in [3.05, 3.63) is 23.3 Å². The number of primary sulfonamides is 1. The molecule has 0 bridgehead atoms. The van der Waals surface area contributed by atoms with Crippen molar-refractivity contribution < 1.29 is 13.2 Å². The van der Waals surface area contributed by atoms with E-state index in [1.165, 1.54) is 6.07 Å². The first-order valence-corrected chi connectivity index (χ1v) is 7.07. The molecule has 1 aromatic carbocycles. The quantitative estimate of drug-likeness (QED) is 0.667. The minimum Gasteiger partial charge on any atom is -0.492 e. The summed E-state index contributed by atoms with van der Waals surface area (Å²) in [6.45, 7) is 5.74. The van der Waals surface area contributed by atoms with E-state index in [0.29, 0.717) is 24.3 Å². The number of hydrogen-bond acceptors (Lipinski definition) is 3. The molecule has 0 heterocycles. The number of benzene rings is 1. The first-order chi connectivity index (χ1) is 8.36. The standard InChI is InChI=1S/C13H17NO3S/c1-4-5-6-7-17-12-8-11(3)13(9-10(12)2)18(14,15)16/h8-9H,6-7H2,1-3H3,(H2,14,15,16). The van der Waals surface area contributed by atoms with Gasteiger partial charge in [0.1, 0.15) is 5.75 Å². The summed E-state index contributed by atoms with van der Waals surface area (Å²) in [7, 11) is -3.68. The molecule has 0 fully saturated rings. The van der Waals surface area contributed by atoms with Gasteiger partial charge in [-0.2, -0.15) is 0 Å². The molecular formula is C13H17NO3S. The Morgan fingerprint density at radius 3 is 2.50 bits per heavy atom. The van der Waals surface area contributed by atoms with Crippen LogP contribution in [0.25, 0.3) is 0 Å². The first kappa shape index (κ1) is 14.6. The Hall–Kier alpha value is -1.51. The van der Waals surface area contributed by atoms with E-state index in [2.05, 4.69) is 11.8 Å². The molecule has 4 nitrogen and oxygen atoms in total. The van der Waals surface area contributed by atoms with E-state index < -0.39 is 10.0 Å². The molecule has 0 atom stereocenters. The number of ether oxygens (including phenoxy) is 1. The fourth-order valence-electron chi connectivity index (χ4n) is 1.56. The third kappa shape index (κ3) is 3.76. The lowest BCUT2D eigenvalue weighted by molar-refractivity contribution is 0.324. The van der Waals surface area contributed by atoms with Crippen LogP contribution in [0.1, 0.15) is 24.5 Å². The average Bonchev–Trinajstić information content (AvgIpc) is 2.27. The minimum atomic E-state index is -3.68. The van der Waals surface area contributed by atoms with E-state index in [4.69, 9.17) is 9.88 Å². The van der Waals surface area contributed by atoms with Crippen molar-refractivity contribution in [2.24, 2.45) is 5.14 Å². The van der Waals surface area contributed by atoms with Crippen molar-refractivity contribution in [1.29, 1.82) is 0 Å². The van der Waals surface area contributed by atoms with Crippen LogP contribution in [-0.4, -0.2) is 15.0 Å². The van der Waals surface area contributed by atoms with Gasteiger partial charge in [0.25, 0.3) is 0 Å². The van der Waals surface area contributed by atoms with Crippen LogP contribution >= 0.6 is 0 Å². The second-order valence-corrected chi connectivity index (χ2v) is 5.48. The number of hydrogen-bond donors (Lipinski definition) is 1. The molecule has 5 heteroatoms. The molecule has 0 amide bonds. The molecule has 1 rings (SSSR count). The molecule has 0 spiro atoms. The molecule has 0 unspecified atom stereocenters. The number of rotatable bonds is 4. The second-order valence-electron chi connectivity index (χ2n) is 3.95. The van der Waals surface area contributed by atoms with Crippen molar-refractivity contribution in [3.8, 4) is 17.6 Å². The van der Waals surface area contributed by atoms with Crippen molar-refractivity contribution in [2.75, 3.05) is 6.61 Å². The molecule has 0 saturated heterocycles. The van der Waals surface area contributed by atoms with Gasteiger partial charge < -0.3 is 4.74 Å². The van der Waals surface area contributed by atoms with Gasteiger partial charge in [0.2, 0.25) is 10.0 Å². The molecule has 2 N–H and O–H groups in total. The summed E-state index contributed by atoms with van der Waals surface area (Å²) >= 11 is 0. The van der Waals surface area contributed by atoms with Crippen LogP contribution in [-0.2, 0) is 10.0 Å². The van der Waals surface area contributed by atoms with Gasteiger partial charge in [-0.25, -0.2) is 13.6 Å². The Kier molecular flexibility index (Phi) is 4.76. The van der Waals surface area contributed by atoms with Crippen LogP contribution in [0.2, 0.25) is 0 Å². The smallest absolute Gasteiger partial charge is 0.238 e. The molecule has 1 aromatic rings. The SMILES string of the molecule is CC#CCCOc1cc(C)c(S(N)(=O)=O)cc1C. The normalized spacial score (nSPS) is 10.7. The highest BCUT2D eigenvalue weighted by atomic mass is 32.2. The third-order valence-corrected chi connectivity index (χ3v) is 3.49. The highest BCUT2D eigenvalue weighted by Gasteiger charge is 2.14. The molecule has 0 radical (unpaired) electrons. The summed E-state index contributed by atoms with van der Waals surface area (Å²) in [5.41, 5.74) is 1.33. The number of sulfonamides is 1. The van der Waals surface area contributed by atoms with Crippen LogP contribution in [0.4, 0.5) is 0 Å². The maximum absolute atomic E-state index is 11.3. The van der Waals surface area contributed by atoms with Gasteiger partial charge in [-0.05, 0) is 44.0 Å². The van der Waals surface area contributed by atoms with E-state index in [1.54, 1.807) is 26.8 Å². The second kappa shape index (κ2) is 5.89. The number of nitrogens with two attached hydrogens (primary N) is 1. The Morgan fingerprint density at radius 1 is 1.28 bits per heavy atom. The average molecular weight is 267 g/mol. The zero-order chi connectivity index (χ0) is 13.8. The van der Waals surface area contributed by atoms with E-state index in [9.17, 15) is 8.42 Å². The van der Waals surface area contributed by atoms with E-state index in [-0.39, 0.29) is 4.90 Å². The van der Waals surface area contributed by atoms with Crippen LogP contribution < -0.4 is 9.88 Å². The molecular weight excluding hydrogens is 250 g/mol. The van der Waals surface area contributed by atoms with Gasteiger partial charge in [-0.1, -0.05) is 0 Å². The van der Waals surface area contributed by atoms with Crippen LogP contribution in [0.15, 0.2) is 17.0 Å². The van der Waals surface area contributed by atoms with Gasteiger partial charge >= 0.3 is 0 Å². The molecule has 98 valence electrons. The fourth-order valence-corrected chi connectivity index (χ4v) is 2.41. The monoisotopic (exact) mass is 267 g/mol. The van der Waals surface area contributed by atoms with Crippen molar-refractivity contribution in [2.45, 2.75) is 32.1 Å². The highest BCUT2D eigenvalue weighted by molar-refractivity contribution is 7.89. The molecule has 0 saturated carbocycles. The maximum Gasteiger partial charge on any atom is 0.238 e. The molecule has 18 heavy (non-hydrogen) atoms. The summed E-state index contributed by atoms with van der Waals surface area (Å²) in [6.07, 6.45) is 0.645. The third-order valence-electron chi connectivity index (χ3n) is 2.44. The van der Waals surface area contributed by atoms with Crippen LogP contribution in [0.3, 0.4) is 0 Å². The topological polar surface area (TPSA) is 69.4 Å². The zero-order valence-electron chi connectivity index (χ0n) is 10.8. The largest absolute Gasteiger partial charge is 0.492 e. The maximum atomic E-state index is 11.3. The molecule has 0 aliphatic carbocycles. The highest BCUT2D eigenvalue weighted by Crippen LogP contribution is 2.25. The summed E-state index contributed by atoms with van der Waals surface area (Å²) in [4.78, 5) is 0.140. The van der Waals surface area contributed by atoms with Crippen molar-refractivity contribution in [3.63, 3.8) is 0 Å². The van der Waals surface area contributed by atoms with Gasteiger partial charge in [0.15, 0.2) is 0 Å². The predicted octanol–water partition coefficient (Wildman–Crippen LogP) is 1.74. The minimum absolute atomic E-state index is 0.140. The Bertz CT molecular complexity index is 595. The van der Waals surface area contributed by atoms with Crippen molar-refractivity contribution in [1.82, 2.24) is 0 Å². The Labute approximate surface area is 108 Å².